The second-order valence-corrected chi connectivity index (χ2v) is 19.2. The Labute approximate surface area is 256 Å². The van der Waals surface area contributed by atoms with Crippen molar-refractivity contribution in [3.63, 3.8) is 0 Å². The number of hydrogen-bond acceptors (Lipinski definition) is 1. The Kier molecular flexibility index (Phi) is 33.8. The molecule has 0 saturated carbocycles. The van der Waals surface area contributed by atoms with E-state index in [4.69, 9.17) is 0 Å². The van der Waals surface area contributed by atoms with E-state index in [2.05, 4.69) is 29.3 Å². The van der Waals surface area contributed by atoms with Crippen LogP contribution in [0.3, 0.4) is 0 Å². The van der Waals surface area contributed by atoms with Crippen molar-refractivity contribution in [1.82, 2.24) is 0 Å². The van der Waals surface area contributed by atoms with Gasteiger partial charge in [-0.3, -0.25) is 0 Å². The fraction of sp³-hybridized carbons (Fsp3) is 1.00. The van der Waals surface area contributed by atoms with Gasteiger partial charge in [0.2, 0.25) is 0 Å². The molecule has 0 aliphatic heterocycles. The van der Waals surface area contributed by atoms with Crippen LogP contribution in [0.5, 0.6) is 0 Å². The fourth-order valence-corrected chi connectivity index (χ4v) is 9.02. The molecular weight excluding hydrogens is 559 g/mol. The van der Waals surface area contributed by atoms with Gasteiger partial charge in [0, 0.05) is 12.3 Å². The monoisotopic (exact) mass is 632 g/mol. The average molecular weight is 634 g/mol. The van der Waals surface area contributed by atoms with Gasteiger partial charge in [0.25, 0.3) is 0 Å². The number of hydrogen-bond donors (Lipinski definition) is 0. The minimum Gasteiger partial charge on any atom is -0.312 e. The first-order chi connectivity index (χ1) is 19.1. The highest BCUT2D eigenvalue weighted by atomic mass is 79.9. The molecule has 0 aliphatic rings. The third kappa shape index (κ3) is 34.8. The highest BCUT2D eigenvalue weighted by Crippen LogP contribution is 2.55. The fourth-order valence-electron chi connectivity index (χ4n) is 5.90. The molecular formula is C36H74BrOP. The maximum absolute atomic E-state index is 12.8. The third-order valence-corrected chi connectivity index (χ3v) is 12.8. The molecule has 0 saturated heterocycles. The summed E-state index contributed by atoms with van der Waals surface area (Å²) < 4.78 is 12.8. The summed E-state index contributed by atoms with van der Waals surface area (Å²) in [5.41, 5.74) is 0. The van der Waals surface area contributed by atoms with Gasteiger partial charge < -0.3 is 4.57 Å². The topological polar surface area (TPSA) is 17.1 Å². The lowest BCUT2D eigenvalue weighted by atomic mass is 10.0. The zero-order chi connectivity index (χ0) is 28.5. The highest BCUT2D eigenvalue weighted by molar-refractivity contribution is 9.40. The first-order valence-corrected chi connectivity index (χ1v) is 22.5. The Morgan fingerprint density at radius 2 is 0.462 bits per heavy atom. The van der Waals surface area contributed by atoms with Crippen LogP contribution in [-0.4, -0.2) is 12.3 Å². The molecule has 236 valence electrons. The molecule has 0 aromatic rings. The van der Waals surface area contributed by atoms with Gasteiger partial charge in [-0.1, -0.05) is 206 Å². The van der Waals surface area contributed by atoms with Gasteiger partial charge >= 0.3 is 0 Å². The van der Waals surface area contributed by atoms with Crippen molar-refractivity contribution >= 4 is 21.3 Å². The molecule has 0 amide bonds. The molecule has 0 aromatic heterocycles. The maximum atomic E-state index is 12.8. The van der Waals surface area contributed by atoms with Gasteiger partial charge in [-0.25, -0.2) is 0 Å². The van der Waals surface area contributed by atoms with Crippen molar-refractivity contribution < 1.29 is 4.57 Å². The molecule has 0 atom stereocenters. The van der Waals surface area contributed by atoms with E-state index in [9.17, 15) is 4.57 Å². The first-order valence-electron chi connectivity index (χ1n) is 18.4. The number of rotatable bonds is 34. The highest BCUT2D eigenvalue weighted by Gasteiger charge is 2.16. The predicted octanol–water partition coefficient (Wildman–Crippen LogP) is 15.2. The molecule has 0 rings (SSSR count). The van der Waals surface area contributed by atoms with Crippen LogP contribution in [0, 0.1) is 0 Å². The van der Waals surface area contributed by atoms with E-state index in [0.717, 1.165) is 25.2 Å². The summed E-state index contributed by atoms with van der Waals surface area (Å²) in [7, 11) is 0. The van der Waals surface area contributed by atoms with E-state index in [0.29, 0.717) is 0 Å². The molecule has 0 fully saturated rings. The van der Waals surface area contributed by atoms with Gasteiger partial charge in [0.15, 0.2) is 0 Å². The summed E-state index contributed by atoms with van der Waals surface area (Å²) in [5, 5.41) is 0. The Bertz CT molecular complexity index is 454. The standard InChI is InChI=1S/C36H74BrOP/c1-3-5-7-9-11-13-15-17-19-21-23-25-27-29-31-33-35-39(37,38)36-34-32-30-28-26-24-22-20-18-16-14-12-10-8-6-4-2/h3-36H2,1-2H3. The molecule has 0 N–H and O–H groups in total. The lowest BCUT2D eigenvalue weighted by molar-refractivity contribution is 0.529. The van der Waals surface area contributed by atoms with Gasteiger partial charge in [-0.15, -0.1) is 0 Å². The van der Waals surface area contributed by atoms with Crippen LogP contribution in [0.2, 0.25) is 0 Å². The van der Waals surface area contributed by atoms with Crippen LogP contribution in [0.4, 0.5) is 0 Å². The molecule has 0 aromatic carbocycles. The second-order valence-electron chi connectivity index (χ2n) is 12.8. The molecule has 3 heteroatoms. The van der Waals surface area contributed by atoms with E-state index in [-0.39, 0.29) is 0 Å². The van der Waals surface area contributed by atoms with Crippen LogP contribution in [-0.2, 0) is 4.57 Å². The van der Waals surface area contributed by atoms with E-state index >= 15 is 0 Å². The van der Waals surface area contributed by atoms with Crippen LogP contribution in [0.25, 0.3) is 0 Å². The summed E-state index contributed by atoms with van der Waals surface area (Å²) in [6, 6.07) is 0. The van der Waals surface area contributed by atoms with Crippen molar-refractivity contribution in [2.75, 3.05) is 12.3 Å². The summed E-state index contributed by atoms with van der Waals surface area (Å²) in [6.07, 6.45) is 46.6. The van der Waals surface area contributed by atoms with Gasteiger partial charge in [0.05, 0.1) is 0 Å². The minimum atomic E-state index is -2.06. The normalized spacial score (nSPS) is 12.0. The van der Waals surface area contributed by atoms with Crippen LogP contribution in [0.1, 0.15) is 219 Å². The first kappa shape index (κ1) is 39.7. The van der Waals surface area contributed by atoms with Gasteiger partial charge in [0.1, 0.15) is 5.84 Å². The van der Waals surface area contributed by atoms with Crippen LogP contribution in [0.15, 0.2) is 0 Å². The summed E-state index contributed by atoms with van der Waals surface area (Å²) in [4.78, 5) is 0. The van der Waals surface area contributed by atoms with E-state index < -0.39 is 5.84 Å². The van der Waals surface area contributed by atoms with E-state index in [1.807, 2.05) is 0 Å². The SMILES string of the molecule is CCCCCCCCCCCCCCCCCCP(=O)(Br)CCCCCCCCCCCCCCCCCC. The van der Waals surface area contributed by atoms with Crippen molar-refractivity contribution in [2.45, 2.75) is 219 Å². The van der Waals surface area contributed by atoms with E-state index in [1.165, 1.54) is 193 Å². The minimum absolute atomic E-state index is 0.921. The summed E-state index contributed by atoms with van der Waals surface area (Å²) in [6.45, 7) is 4.59. The maximum Gasteiger partial charge on any atom is 0.148 e. The Balaban J connectivity index is 3.27. The third-order valence-electron chi connectivity index (χ3n) is 8.69. The van der Waals surface area contributed by atoms with Crippen molar-refractivity contribution in [1.29, 1.82) is 0 Å². The molecule has 39 heavy (non-hydrogen) atoms. The second kappa shape index (κ2) is 33.2. The molecule has 0 heterocycles. The lowest BCUT2D eigenvalue weighted by Gasteiger charge is -2.11. The van der Waals surface area contributed by atoms with Crippen molar-refractivity contribution in [3.05, 3.63) is 0 Å². The molecule has 1 nitrogen and oxygen atoms in total. The van der Waals surface area contributed by atoms with E-state index in [1.54, 1.807) is 0 Å². The predicted molar refractivity (Wildman–Crippen MR) is 185 cm³/mol. The average Bonchev–Trinajstić information content (AvgIpc) is 2.92. The summed E-state index contributed by atoms with van der Waals surface area (Å²) in [5.74, 6) is -2.06. The molecule has 0 bridgehead atoms. The van der Waals surface area contributed by atoms with Gasteiger partial charge in [-0.05, 0) is 28.3 Å². The molecule has 0 unspecified atom stereocenters. The Morgan fingerprint density at radius 3 is 0.641 bits per heavy atom. The largest absolute Gasteiger partial charge is 0.312 e. The van der Waals surface area contributed by atoms with Crippen LogP contribution >= 0.6 is 21.3 Å². The molecule has 0 aliphatic carbocycles. The smallest absolute Gasteiger partial charge is 0.148 e. The van der Waals surface area contributed by atoms with Gasteiger partial charge in [-0.2, -0.15) is 0 Å². The van der Waals surface area contributed by atoms with Crippen molar-refractivity contribution in [2.24, 2.45) is 0 Å². The lowest BCUT2D eigenvalue weighted by Crippen LogP contribution is -1.92. The zero-order valence-electron chi connectivity index (χ0n) is 27.3. The molecule has 0 spiro atoms. The zero-order valence-corrected chi connectivity index (χ0v) is 29.8. The van der Waals surface area contributed by atoms with Crippen molar-refractivity contribution in [3.8, 4) is 0 Å². The quantitative estimate of drug-likeness (QED) is 0.0509. The Morgan fingerprint density at radius 1 is 0.308 bits per heavy atom. The Hall–Kier alpha value is 0.710. The molecule has 0 radical (unpaired) electrons. The van der Waals surface area contributed by atoms with Crippen LogP contribution < -0.4 is 0 Å². The number of halogens is 1. The number of unbranched alkanes of at least 4 members (excludes halogenated alkanes) is 30. The summed E-state index contributed by atoms with van der Waals surface area (Å²) >= 11 is 3.63.